The quantitative estimate of drug-likeness (QED) is 0.745. The van der Waals surface area contributed by atoms with Crippen molar-refractivity contribution in [3.05, 3.63) is 47.9 Å². The molecule has 0 atom stereocenters. The fourth-order valence-corrected chi connectivity index (χ4v) is 3.47. The van der Waals surface area contributed by atoms with Gasteiger partial charge in [0.1, 0.15) is 5.76 Å². The summed E-state index contributed by atoms with van der Waals surface area (Å²) in [6.07, 6.45) is 3.85. The number of benzene rings is 1. The zero-order valence-electron chi connectivity index (χ0n) is 15.2. The third-order valence-corrected chi connectivity index (χ3v) is 4.86. The van der Waals surface area contributed by atoms with Crippen molar-refractivity contribution in [3.63, 3.8) is 0 Å². The lowest BCUT2D eigenvalue weighted by atomic mass is 9.91. The molecule has 0 spiro atoms. The van der Waals surface area contributed by atoms with Crippen LogP contribution in [0.4, 0.5) is 0 Å². The van der Waals surface area contributed by atoms with Gasteiger partial charge >= 0.3 is 0 Å². The molecule has 140 valence electrons. The Labute approximate surface area is 156 Å². The van der Waals surface area contributed by atoms with Gasteiger partial charge in [-0.2, -0.15) is 4.80 Å². The number of hydrogen-bond acceptors (Lipinski definition) is 6. The zero-order chi connectivity index (χ0) is 18.6. The second kappa shape index (κ2) is 7.69. The van der Waals surface area contributed by atoms with E-state index in [2.05, 4.69) is 25.9 Å². The van der Waals surface area contributed by atoms with E-state index in [1.807, 2.05) is 37.3 Å². The molecule has 0 bridgehead atoms. The normalized spacial score (nSPS) is 19.7. The highest BCUT2D eigenvalue weighted by molar-refractivity contribution is 5.78. The van der Waals surface area contributed by atoms with Crippen LogP contribution in [0.15, 0.2) is 40.9 Å². The van der Waals surface area contributed by atoms with E-state index in [0.29, 0.717) is 11.6 Å². The number of rotatable bonds is 5. The molecule has 27 heavy (non-hydrogen) atoms. The van der Waals surface area contributed by atoms with Crippen molar-refractivity contribution in [1.82, 2.24) is 30.7 Å². The van der Waals surface area contributed by atoms with E-state index >= 15 is 0 Å². The lowest BCUT2D eigenvalue weighted by Crippen LogP contribution is -2.39. The molecule has 2 heterocycles. The molecule has 1 aliphatic rings. The van der Waals surface area contributed by atoms with Gasteiger partial charge in [0.15, 0.2) is 0 Å². The summed E-state index contributed by atoms with van der Waals surface area (Å²) in [4.78, 5) is 13.9. The fourth-order valence-electron chi connectivity index (χ4n) is 3.47. The molecule has 2 aromatic heterocycles. The van der Waals surface area contributed by atoms with E-state index in [1.54, 1.807) is 10.9 Å². The Hall–Kier alpha value is -3.03. The summed E-state index contributed by atoms with van der Waals surface area (Å²) >= 11 is 0. The van der Waals surface area contributed by atoms with Crippen molar-refractivity contribution in [2.75, 3.05) is 0 Å². The Morgan fingerprint density at radius 2 is 2.00 bits per heavy atom. The maximum absolute atomic E-state index is 12.2. The Bertz CT molecular complexity index is 896. The van der Waals surface area contributed by atoms with Crippen LogP contribution < -0.4 is 5.32 Å². The van der Waals surface area contributed by atoms with Crippen molar-refractivity contribution < 1.29 is 9.32 Å². The van der Waals surface area contributed by atoms with Crippen molar-refractivity contribution in [1.29, 1.82) is 0 Å². The first-order valence-corrected chi connectivity index (χ1v) is 9.24. The average molecular weight is 366 g/mol. The van der Waals surface area contributed by atoms with Crippen LogP contribution >= 0.6 is 0 Å². The molecule has 4 rings (SSSR count). The van der Waals surface area contributed by atoms with Gasteiger partial charge in [-0.05, 0) is 37.8 Å². The minimum absolute atomic E-state index is 0.0279. The molecule has 1 fully saturated rings. The molecule has 8 heteroatoms. The van der Waals surface area contributed by atoms with Crippen molar-refractivity contribution in [2.45, 2.75) is 51.1 Å². The lowest BCUT2D eigenvalue weighted by Gasteiger charge is -2.28. The predicted octanol–water partition coefficient (Wildman–Crippen LogP) is 2.48. The number of nitrogens with zero attached hydrogens (tertiary/aromatic N) is 5. The average Bonchev–Trinajstić information content (AvgIpc) is 3.32. The molecule has 8 nitrogen and oxygen atoms in total. The van der Waals surface area contributed by atoms with Crippen LogP contribution in [-0.2, 0) is 11.2 Å². The van der Waals surface area contributed by atoms with Gasteiger partial charge in [-0.3, -0.25) is 4.79 Å². The van der Waals surface area contributed by atoms with Crippen LogP contribution in [0.3, 0.4) is 0 Å². The first-order valence-electron chi connectivity index (χ1n) is 9.24. The highest BCUT2D eigenvalue weighted by Gasteiger charge is 2.25. The number of hydrogen-bond donors (Lipinski definition) is 1. The molecular formula is C19H22N6O2. The van der Waals surface area contributed by atoms with Crippen LogP contribution in [0.2, 0.25) is 0 Å². The first kappa shape index (κ1) is 17.4. The molecule has 1 N–H and O–H groups in total. The summed E-state index contributed by atoms with van der Waals surface area (Å²) in [7, 11) is 0. The van der Waals surface area contributed by atoms with E-state index in [9.17, 15) is 4.79 Å². The number of amides is 1. The molecule has 1 aromatic carbocycles. The highest BCUT2D eigenvalue weighted by atomic mass is 16.5. The van der Waals surface area contributed by atoms with Gasteiger partial charge < -0.3 is 9.84 Å². The zero-order valence-corrected chi connectivity index (χ0v) is 15.2. The second-order valence-corrected chi connectivity index (χ2v) is 6.98. The highest BCUT2D eigenvalue weighted by Crippen LogP contribution is 2.28. The summed E-state index contributed by atoms with van der Waals surface area (Å²) in [6.45, 7) is 1.84. The maximum atomic E-state index is 12.2. The van der Waals surface area contributed by atoms with Crippen LogP contribution in [0.5, 0.6) is 0 Å². The van der Waals surface area contributed by atoms with E-state index in [1.165, 1.54) is 0 Å². The van der Waals surface area contributed by atoms with Crippen molar-refractivity contribution in [3.8, 4) is 11.4 Å². The van der Waals surface area contributed by atoms with E-state index in [-0.39, 0.29) is 24.4 Å². The SMILES string of the molecule is Cc1cc(CC(=O)NC2CCC(n3nnc(-c4ccccc4)n3)CC2)on1. The summed E-state index contributed by atoms with van der Waals surface area (Å²) in [5, 5.41) is 19.8. The van der Waals surface area contributed by atoms with Gasteiger partial charge in [-0.25, -0.2) is 0 Å². The first-order chi connectivity index (χ1) is 13.2. The molecule has 1 amide bonds. The Kier molecular flexibility index (Phi) is 4.95. The van der Waals surface area contributed by atoms with E-state index in [4.69, 9.17) is 4.52 Å². The molecular weight excluding hydrogens is 344 g/mol. The maximum Gasteiger partial charge on any atom is 0.227 e. The summed E-state index contributed by atoms with van der Waals surface area (Å²) in [5.41, 5.74) is 1.75. The van der Waals surface area contributed by atoms with Gasteiger partial charge in [0.05, 0.1) is 18.2 Å². The summed E-state index contributed by atoms with van der Waals surface area (Å²) < 4.78 is 5.10. The minimum Gasteiger partial charge on any atom is -0.361 e. The number of tetrazole rings is 1. The lowest BCUT2D eigenvalue weighted by molar-refractivity contribution is -0.121. The van der Waals surface area contributed by atoms with Gasteiger partial charge in [-0.15, -0.1) is 10.2 Å². The Balaban J connectivity index is 1.29. The topological polar surface area (TPSA) is 98.7 Å². The number of carbonyl (C=O) groups excluding carboxylic acids is 1. The summed E-state index contributed by atoms with van der Waals surface area (Å²) in [6, 6.07) is 12.0. The molecule has 0 radical (unpaired) electrons. The Morgan fingerprint density at radius 1 is 1.22 bits per heavy atom. The molecule has 0 unspecified atom stereocenters. The van der Waals surface area contributed by atoms with E-state index < -0.39 is 0 Å². The largest absolute Gasteiger partial charge is 0.361 e. The van der Waals surface area contributed by atoms with E-state index in [0.717, 1.165) is 36.9 Å². The number of carbonyl (C=O) groups is 1. The minimum atomic E-state index is -0.0279. The van der Waals surface area contributed by atoms with Crippen molar-refractivity contribution in [2.24, 2.45) is 0 Å². The second-order valence-electron chi connectivity index (χ2n) is 6.98. The molecule has 0 saturated heterocycles. The molecule has 1 aliphatic carbocycles. The van der Waals surface area contributed by atoms with Crippen molar-refractivity contribution >= 4 is 5.91 Å². The standard InChI is InChI=1S/C19H22N6O2/c1-13-11-17(27-23-13)12-18(26)20-15-7-9-16(10-8-15)25-22-19(21-24-25)14-5-3-2-4-6-14/h2-6,11,15-16H,7-10,12H2,1H3,(H,20,26). The van der Waals surface area contributed by atoms with Crippen LogP contribution in [-0.4, -0.2) is 37.3 Å². The molecule has 1 saturated carbocycles. The van der Waals surface area contributed by atoms with Crippen LogP contribution in [0.1, 0.15) is 43.2 Å². The van der Waals surface area contributed by atoms with Crippen LogP contribution in [0, 0.1) is 6.92 Å². The van der Waals surface area contributed by atoms with Gasteiger partial charge in [0.25, 0.3) is 0 Å². The monoisotopic (exact) mass is 366 g/mol. The predicted molar refractivity (Wildman–Crippen MR) is 97.6 cm³/mol. The van der Waals surface area contributed by atoms with Crippen LogP contribution in [0.25, 0.3) is 11.4 Å². The number of aryl methyl sites for hydroxylation is 1. The third kappa shape index (κ3) is 4.21. The number of aromatic nitrogens is 5. The fraction of sp³-hybridized carbons (Fsp3) is 0.421. The van der Waals surface area contributed by atoms with Gasteiger partial charge in [0, 0.05) is 17.7 Å². The summed E-state index contributed by atoms with van der Waals surface area (Å²) in [5.74, 6) is 1.21. The molecule has 3 aromatic rings. The van der Waals surface area contributed by atoms with Gasteiger partial charge in [0.2, 0.25) is 11.7 Å². The number of nitrogens with one attached hydrogen (secondary N) is 1. The molecule has 0 aliphatic heterocycles. The van der Waals surface area contributed by atoms with Gasteiger partial charge in [-0.1, -0.05) is 35.5 Å². The smallest absolute Gasteiger partial charge is 0.227 e. The third-order valence-electron chi connectivity index (χ3n) is 4.86. The Morgan fingerprint density at radius 3 is 2.70 bits per heavy atom.